The zero-order valence-corrected chi connectivity index (χ0v) is 9.11. The highest BCUT2D eigenvalue weighted by Crippen LogP contribution is 2.27. The zero-order chi connectivity index (χ0) is 10.5. The molecule has 0 fully saturated rings. The lowest BCUT2D eigenvalue weighted by Crippen LogP contribution is -1.91. The Bertz CT molecular complexity index is 405. The minimum atomic E-state index is 1.06. The Labute approximate surface area is 91.6 Å². The summed E-state index contributed by atoms with van der Waals surface area (Å²) in [6, 6.07) is 10.6. The van der Waals surface area contributed by atoms with E-state index in [1.165, 1.54) is 16.7 Å². The predicted molar refractivity (Wildman–Crippen MR) is 66.6 cm³/mol. The third-order valence-electron chi connectivity index (χ3n) is 2.72. The van der Waals surface area contributed by atoms with Crippen molar-refractivity contribution in [3.8, 4) is 0 Å². The summed E-state index contributed by atoms with van der Waals surface area (Å²) in [6.45, 7) is 2.11. The van der Waals surface area contributed by atoms with Gasteiger partial charge in [0.25, 0.3) is 0 Å². The molecule has 0 aromatic heterocycles. The maximum atomic E-state index is 2.32. The molecule has 0 heterocycles. The standard InChI is InChI=1S/C15H16/c1-2-15(13-9-5-3-6-10-13)14-11-7-4-8-12-14/h2-7,9-10,12H,8,11H2,1H3/b15-2+. The first-order valence-corrected chi connectivity index (χ1v) is 5.48. The average Bonchev–Trinajstić information content (AvgIpc) is 2.33. The highest BCUT2D eigenvalue weighted by Gasteiger charge is 2.06. The van der Waals surface area contributed by atoms with Gasteiger partial charge in [0.05, 0.1) is 0 Å². The van der Waals surface area contributed by atoms with E-state index in [9.17, 15) is 0 Å². The van der Waals surface area contributed by atoms with Crippen molar-refractivity contribution in [3.63, 3.8) is 0 Å². The number of allylic oxidation sites excluding steroid dienone is 6. The van der Waals surface area contributed by atoms with Crippen molar-refractivity contribution in [2.45, 2.75) is 19.8 Å². The third kappa shape index (κ3) is 2.27. The predicted octanol–water partition coefficient (Wildman–Crippen LogP) is 4.37. The summed E-state index contributed by atoms with van der Waals surface area (Å²) < 4.78 is 0. The second kappa shape index (κ2) is 4.79. The first-order chi connectivity index (χ1) is 7.42. The molecule has 1 aromatic carbocycles. The smallest absolute Gasteiger partial charge is 0.00944 e. The van der Waals surface area contributed by atoms with Gasteiger partial charge in [-0.25, -0.2) is 0 Å². The second-order valence-electron chi connectivity index (χ2n) is 3.71. The van der Waals surface area contributed by atoms with E-state index in [0.717, 1.165) is 12.8 Å². The number of benzene rings is 1. The first-order valence-electron chi connectivity index (χ1n) is 5.48. The van der Waals surface area contributed by atoms with Crippen LogP contribution in [0.5, 0.6) is 0 Å². The maximum absolute atomic E-state index is 2.32. The quantitative estimate of drug-likeness (QED) is 0.616. The van der Waals surface area contributed by atoms with E-state index in [2.05, 4.69) is 61.6 Å². The molecule has 0 atom stereocenters. The molecule has 76 valence electrons. The van der Waals surface area contributed by atoms with Crippen molar-refractivity contribution in [2.24, 2.45) is 0 Å². The van der Waals surface area contributed by atoms with Crippen LogP contribution in [0.15, 0.2) is 60.2 Å². The van der Waals surface area contributed by atoms with Gasteiger partial charge in [0.2, 0.25) is 0 Å². The van der Waals surface area contributed by atoms with E-state index in [1.54, 1.807) is 0 Å². The van der Waals surface area contributed by atoms with Gasteiger partial charge in [-0.2, -0.15) is 0 Å². The highest BCUT2D eigenvalue weighted by molar-refractivity contribution is 5.79. The maximum Gasteiger partial charge on any atom is -0.00944 e. The number of hydrogen-bond acceptors (Lipinski definition) is 0. The fourth-order valence-electron chi connectivity index (χ4n) is 1.98. The molecule has 0 unspecified atom stereocenters. The summed E-state index contributed by atoms with van der Waals surface area (Å²) in [5.41, 5.74) is 4.15. The molecule has 0 radical (unpaired) electrons. The minimum absolute atomic E-state index is 1.06. The Morgan fingerprint density at radius 3 is 2.53 bits per heavy atom. The Morgan fingerprint density at radius 2 is 1.93 bits per heavy atom. The first kappa shape index (κ1) is 9.97. The summed E-state index contributed by atoms with van der Waals surface area (Å²) >= 11 is 0. The van der Waals surface area contributed by atoms with E-state index in [4.69, 9.17) is 0 Å². The molecule has 0 saturated heterocycles. The summed E-state index contributed by atoms with van der Waals surface area (Å²) in [4.78, 5) is 0. The van der Waals surface area contributed by atoms with Crippen LogP contribution in [0.3, 0.4) is 0 Å². The van der Waals surface area contributed by atoms with Crippen LogP contribution < -0.4 is 0 Å². The molecule has 0 spiro atoms. The largest absolute Gasteiger partial charge is 0.0844 e. The Balaban J connectivity index is 2.30. The molecular weight excluding hydrogens is 180 g/mol. The molecule has 15 heavy (non-hydrogen) atoms. The molecular formula is C15H16. The van der Waals surface area contributed by atoms with Crippen LogP contribution in [0.2, 0.25) is 0 Å². The fraction of sp³-hybridized carbons (Fsp3) is 0.200. The van der Waals surface area contributed by atoms with Crippen LogP contribution in [0.25, 0.3) is 5.57 Å². The molecule has 0 nitrogen and oxygen atoms in total. The third-order valence-corrected chi connectivity index (χ3v) is 2.72. The Kier molecular flexibility index (Phi) is 3.18. The number of rotatable bonds is 2. The zero-order valence-electron chi connectivity index (χ0n) is 9.11. The van der Waals surface area contributed by atoms with Crippen LogP contribution in [-0.2, 0) is 0 Å². The lowest BCUT2D eigenvalue weighted by molar-refractivity contribution is 1.17. The van der Waals surface area contributed by atoms with E-state index in [0.29, 0.717) is 0 Å². The van der Waals surface area contributed by atoms with E-state index in [1.807, 2.05) is 0 Å². The molecule has 0 N–H and O–H groups in total. The van der Waals surface area contributed by atoms with Crippen molar-refractivity contribution in [3.05, 3.63) is 65.8 Å². The van der Waals surface area contributed by atoms with Crippen molar-refractivity contribution >= 4 is 5.57 Å². The van der Waals surface area contributed by atoms with Crippen LogP contribution in [0.4, 0.5) is 0 Å². The van der Waals surface area contributed by atoms with Crippen molar-refractivity contribution in [2.75, 3.05) is 0 Å². The van der Waals surface area contributed by atoms with Gasteiger partial charge in [-0.3, -0.25) is 0 Å². The van der Waals surface area contributed by atoms with Gasteiger partial charge in [-0.15, -0.1) is 0 Å². The molecule has 2 rings (SSSR count). The van der Waals surface area contributed by atoms with Gasteiger partial charge in [0.15, 0.2) is 0 Å². The van der Waals surface area contributed by atoms with E-state index >= 15 is 0 Å². The van der Waals surface area contributed by atoms with Gasteiger partial charge in [0, 0.05) is 0 Å². The Hall–Kier alpha value is -1.56. The molecule has 1 aromatic rings. The van der Waals surface area contributed by atoms with Gasteiger partial charge in [-0.05, 0) is 36.5 Å². The van der Waals surface area contributed by atoms with Crippen molar-refractivity contribution in [1.29, 1.82) is 0 Å². The van der Waals surface area contributed by atoms with Gasteiger partial charge >= 0.3 is 0 Å². The average molecular weight is 196 g/mol. The van der Waals surface area contributed by atoms with Crippen molar-refractivity contribution in [1.82, 2.24) is 0 Å². The molecule has 0 aliphatic heterocycles. The highest BCUT2D eigenvalue weighted by atomic mass is 14.1. The minimum Gasteiger partial charge on any atom is -0.0844 e. The molecule has 1 aliphatic carbocycles. The van der Waals surface area contributed by atoms with E-state index in [-0.39, 0.29) is 0 Å². The van der Waals surface area contributed by atoms with Crippen molar-refractivity contribution < 1.29 is 0 Å². The normalized spacial score (nSPS) is 16.3. The Morgan fingerprint density at radius 1 is 1.13 bits per heavy atom. The van der Waals surface area contributed by atoms with Crippen LogP contribution in [0.1, 0.15) is 25.3 Å². The van der Waals surface area contributed by atoms with Crippen LogP contribution >= 0.6 is 0 Å². The van der Waals surface area contributed by atoms with Crippen LogP contribution in [-0.4, -0.2) is 0 Å². The molecule has 1 aliphatic rings. The summed E-state index contributed by atoms with van der Waals surface area (Å²) in [5, 5.41) is 0. The van der Waals surface area contributed by atoms with Gasteiger partial charge in [0.1, 0.15) is 0 Å². The monoisotopic (exact) mass is 196 g/mol. The SMILES string of the molecule is C/C=C(/C1=CCC=CC1)c1ccccc1. The van der Waals surface area contributed by atoms with Crippen LogP contribution in [0, 0.1) is 0 Å². The summed E-state index contributed by atoms with van der Waals surface area (Å²) in [6.07, 6.45) is 11.1. The van der Waals surface area contributed by atoms with Gasteiger partial charge < -0.3 is 0 Å². The second-order valence-corrected chi connectivity index (χ2v) is 3.71. The molecule has 0 bridgehead atoms. The topological polar surface area (TPSA) is 0 Å². The van der Waals surface area contributed by atoms with Gasteiger partial charge in [-0.1, -0.05) is 54.6 Å². The summed E-state index contributed by atoms with van der Waals surface area (Å²) in [5.74, 6) is 0. The lowest BCUT2D eigenvalue weighted by Gasteiger charge is -2.13. The molecule has 0 heteroatoms. The molecule has 0 saturated carbocycles. The molecule has 0 amide bonds. The number of hydrogen-bond donors (Lipinski definition) is 0. The summed E-state index contributed by atoms with van der Waals surface area (Å²) in [7, 11) is 0. The fourth-order valence-corrected chi connectivity index (χ4v) is 1.98. The van der Waals surface area contributed by atoms with E-state index < -0.39 is 0 Å². The lowest BCUT2D eigenvalue weighted by atomic mass is 9.92.